The molecular weight excluding hydrogens is 421 g/mol. The van der Waals surface area contributed by atoms with E-state index in [0.717, 1.165) is 33.7 Å². The second-order valence-corrected chi connectivity index (χ2v) is 7.41. The van der Waals surface area contributed by atoms with Crippen LogP contribution in [-0.2, 0) is 13.5 Å². The minimum Gasteiger partial charge on any atom is -1.00 e. The highest BCUT2D eigenvalue weighted by Gasteiger charge is 2.24. The Bertz CT molecular complexity index is 1170. The molecule has 7 heteroatoms. The van der Waals surface area contributed by atoms with Gasteiger partial charge in [-0.15, -0.1) is 0 Å². The normalized spacial score (nSPS) is 10.6. The number of aryl methyl sites for hydroxylation is 2. The van der Waals surface area contributed by atoms with Gasteiger partial charge in [0.1, 0.15) is 17.0 Å². The van der Waals surface area contributed by atoms with Crippen molar-refractivity contribution in [3.8, 4) is 11.5 Å². The fourth-order valence-electron chi connectivity index (χ4n) is 3.33. The summed E-state index contributed by atoms with van der Waals surface area (Å²) in [6.45, 7) is 4.57. The lowest BCUT2D eigenvalue weighted by Gasteiger charge is -2.08. The first-order chi connectivity index (χ1) is 14.0. The molecule has 0 aliphatic rings. The summed E-state index contributed by atoms with van der Waals surface area (Å²) < 4.78 is 15.7. The van der Waals surface area contributed by atoms with Crippen LogP contribution >= 0.6 is 11.6 Å². The number of imidazole rings is 1. The van der Waals surface area contributed by atoms with Crippen LogP contribution in [0.25, 0.3) is 11.0 Å². The molecular formula is C23H23Cl2N3O2. The summed E-state index contributed by atoms with van der Waals surface area (Å²) >= 11 is 6.51. The van der Waals surface area contributed by atoms with E-state index >= 15 is 0 Å². The van der Waals surface area contributed by atoms with Crippen molar-refractivity contribution in [3.05, 3.63) is 82.9 Å². The summed E-state index contributed by atoms with van der Waals surface area (Å²) in [6, 6.07) is 21.5. The number of ether oxygens (including phenoxy) is 2. The molecule has 0 unspecified atom stereocenters. The molecule has 4 aromatic rings. The zero-order valence-electron chi connectivity index (χ0n) is 16.8. The van der Waals surface area contributed by atoms with Crippen molar-refractivity contribution in [2.45, 2.75) is 27.3 Å². The van der Waals surface area contributed by atoms with Gasteiger partial charge in [0.15, 0.2) is 5.52 Å². The maximum atomic E-state index is 6.51. The molecule has 156 valence electrons. The number of nitrogens with zero attached hydrogens (tertiary/aromatic N) is 2. The third-order valence-electron chi connectivity index (χ3n) is 4.78. The van der Waals surface area contributed by atoms with Gasteiger partial charge in [0.05, 0.1) is 5.02 Å². The Morgan fingerprint density at radius 2 is 1.50 bits per heavy atom. The average Bonchev–Trinajstić information content (AvgIpc) is 2.97. The molecule has 1 heterocycles. The van der Waals surface area contributed by atoms with Crippen molar-refractivity contribution in [1.29, 1.82) is 0 Å². The van der Waals surface area contributed by atoms with Crippen LogP contribution in [0.2, 0.25) is 5.02 Å². The van der Waals surface area contributed by atoms with Gasteiger partial charge in [-0.05, 0) is 61.4 Å². The van der Waals surface area contributed by atoms with Crippen molar-refractivity contribution >= 4 is 28.6 Å². The lowest BCUT2D eigenvalue weighted by atomic mass is 10.2. The fourth-order valence-corrected chi connectivity index (χ4v) is 3.60. The van der Waals surface area contributed by atoms with E-state index in [9.17, 15) is 0 Å². The quantitative estimate of drug-likeness (QED) is 0.462. The zero-order valence-corrected chi connectivity index (χ0v) is 18.3. The van der Waals surface area contributed by atoms with Crippen LogP contribution in [-0.4, -0.2) is 4.57 Å². The SMILES string of the molecule is Cc1cccc(OCn2c(N)[n+](COc3cccc(C)c3)c3cccc(Cl)c32)c1.[Cl-]. The Labute approximate surface area is 187 Å². The summed E-state index contributed by atoms with van der Waals surface area (Å²) in [7, 11) is 0. The number of fused-ring (bicyclic) bond motifs is 1. The van der Waals surface area contributed by atoms with E-state index in [4.69, 9.17) is 26.8 Å². The minimum absolute atomic E-state index is 0. The maximum Gasteiger partial charge on any atom is 0.361 e. The van der Waals surface area contributed by atoms with Crippen molar-refractivity contribution in [1.82, 2.24) is 4.57 Å². The van der Waals surface area contributed by atoms with Crippen LogP contribution in [0.5, 0.6) is 11.5 Å². The standard InChI is InChI=1S/C23H22ClN3O2.ClH/c1-16-6-3-8-18(12-16)28-14-26-21-11-5-10-20(24)22(21)27(23(26)25)15-29-19-9-4-7-17(2)13-19;/h3-13,25H,14-15H2,1-2H3;1H. The fraction of sp³-hybridized carbons (Fsp3) is 0.174. The number of halogens is 2. The van der Waals surface area contributed by atoms with Crippen molar-refractivity contribution in [2.75, 3.05) is 5.73 Å². The molecule has 5 nitrogen and oxygen atoms in total. The highest BCUT2D eigenvalue weighted by molar-refractivity contribution is 6.34. The summed E-state index contributed by atoms with van der Waals surface area (Å²) in [6.07, 6.45) is 0. The lowest BCUT2D eigenvalue weighted by molar-refractivity contribution is -0.687. The molecule has 0 spiro atoms. The number of anilines is 1. The Morgan fingerprint density at radius 1 is 0.900 bits per heavy atom. The van der Waals surface area contributed by atoms with Crippen LogP contribution < -0.4 is 32.2 Å². The number of hydrogen-bond donors (Lipinski definition) is 1. The summed E-state index contributed by atoms with van der Waals surface area (Å²) in [5.41, 5.74) is 10.4. The molecule has 0 fully saturated rings. The molecule has 1 aromatic heterocycles. The van der Waals surface area contributed by atoms with Crippen molar-refractivity contribution < 1.29 is 26.4 Å². The monoisotopic (exact) mass is 443 g/mol. The van der Waals surface area contributed by atoms with Gasteiger partial charge in [-0.25, -0.2) is 0 Å². The Hall–Kier alpha value is -2.89. The van der Waals surface area contributed by atoms with Crippen LogP contribution in [0.3, 0.4) is 0 Å². The van der Waals surface area contributed by atoms with E-state index in [2.05, 4.69) is 0 Å². The van der Waals surface area contributed by atoms with Gasteiger partial charge in [0.2, 0.25) is 13.5 Å². The molecule has 4 rings (SSSR count). The predicted octanol–water partition coefficient (Wildman–Crippen LogP) is 1.86. The summed E-state index contributed by atoms with van der Waals surface area (Å²) in [5, 5.41) is 0.608. The lowest BCUT2D eigenvalue weighted by Crippen LogP contribution is -3.00. The molecule has 0 atom stereocenters. The number of benzene rings is 3. The van der Waals surface area contributed by atoms with E-state index in [1.165, 1.54) is 0 Å². The third kappa shape index (κ3) is 4.48. The van der Waals surface area contributed by atoms with E-state index in [1.54, 1.807) is 0 Å². The van der Waals surface area contributed by atoms with Crippen molar-refractivity contribution in [3.63, 3.8) is 0 Å². The Balaban J connectivity index is 0.00000256. The highest BCUT2D eigenvalue weighted by atomic mass is 35.5. The first-order valence-corrected chi connectivity index (χ1v) is 9.75. The molecule has 0 saturated carbocycles. The molecule has 3 aromatic carbocycles. The molecule has 0 radical (unpaired) electrons. The maximum absolute atomic E-state index is 6.51. The third-order valence-corrected chi connectivity index (χ3v) is 5.08. The van der Waals surface area contributed by atoms with Crippen LogP contribution in [0.1, 0.15) is 11.1 Å². The van der Waals surface area contributed by atoms with Gasteiger partial charge in [0, 0.05) is 0 Å². The number of para-hydroxylation sites is 1. The molecule has 0 saturated heterocycles. The first kappa shape index (κ1) is 21.8. The molecule has 0 amide bonds. The first-order valence-electron chi connectivity index (χ1n) is 9.38. The Kier molecular flexibility index (Phi) is 6.75. The second-order valence-electron chi connectivity index (χ2n) is 7.00. The van der Waals surface area contributed by atoms with Gasteiger partial charge in [-0.1, -0.05) is 41.9 Å². The number of rotatable bonds is 6. The molecule has 2 N–H and O–H groups in total. The van der Waals surface area contributed by atoms with Crippen molar-refractivity contribution in [2.24, 2.45) is 0 Å². The van der Waals surface area contributed by atoms with Crippen LogP contribution in [0.15, 0.2) is 66.7 Å². The van der Waals surface area contributed by atoms with Gasteiger partial charge in [-0.3, -0.25) is 5.73 Å². The van der Waals surface area contributed by atoms with E-state index in [-0.39, 0.29) is 25.9 Å². The van der Waals surface area contributed by atoms with Gasteiger partial charge in [0.25, 0.3) is 0 Å². The largest absolute Gasteiger partial charge is 1.00 e. The average molecular weight is 444 g/mol. The molecule has 0 bridgehead atoms. The molecule has 30 heavy (non-hydrogen) atoms. The smallest absolute Gasteiger partial charge is 0.361 e. The highest BCUT2D eigenvalue weighted by Crippen LogP contribution is 2.25. The van der Waals surface area contributed by atoms with Gasteiger partial charge < -0.3 is 21.9 Å². The summed E-state index contributed by atoms with van der Waals surface area (Å²) in [4.78, 5) is 0. The van der Waals surface area contributed by atoms with Crippen LogP contribution in [0.4, 0.5) is 5.95 Å². The minimum atomic E-state index is 0. The Morgan fingerprint density at radius 3 is 2.13 bits per heavy atom. The zero-order chi connectivity index (χ0) is 20.4. The summed E-state index contributed by atoms with van der Waals surface area (Å²) in [5.74, 6) is 2.07. The van der Waals surface area contributed by atoms with E-state index < -0.39 is 0 Å². The topological polar surface area (TPSA) is 53.3 Å². The molecule has 0 aliphatic heterocycles. The number of hydrogen-bond acceptors (Lipinski definition) is 3. The molecule has 0 aliphatic carbocycles. The predicted molar refractivity (Wildman–Crippen MR) is 115 cm³/mol. The second kappa shape index (κ2) is 9.28. The van der Waals surface area contributed by atoms with Crippen LogP contribution in [0, 0.1) is 13.8 Å². The van der Waals surface area contributed by atoms with E-state index in [0.29, 0.717) is 11.0 Å². The van der Waals surface area contributed by atoms with E-state index in [1.807, 2.05) is 89.7 Å². The number of nitrogens with two attached hydrogens (primary N) is 1. The van der Waals surface area contributed by atoms with Gasteiger partial charge in [-0.2, -0.15) is 9.13 Å². The number of nitrogen functional groups attached to an aromatic ring is 1. The number of aromatic nitrogens is 2. The van der Waals surface area contributed by atoms with Gasteiger partial charge >= 0.3 is 5.95 Å².